The molecular weight excluding hydrogens is 276 g/mol. The van der Waals surface area contributed by atoms with Gasteiger partial charge in [-0.25, -0.2) is 8.42 Å². The molecule has 2 heterocycles. The maximum Gasteiger partial charge on any atom is 0.253 e. The molecule has 3 rings (SSSR count). The molecule has 2 aromatic rings. The van der Waals surface area contributed by atoms with Crippen molar-refractivity contribution in [1.29, 1.82) is 0 Å². The number of sulfone groups is 1. The third-order valence-corrected chi connectivity index (χ3v) is 6.06. The van der Waals surface area contributed by atoms with Crippen LogP contribution in [-0.2, 0) is 9.84 Å². The normalized spacial score (nSPS) is 21.1. The van der Waals surface area contributed by atoms with Gasteiger partial charge in [0.25, 0.3) is 5.91 Å². The zero-order valence-corrected chi connectivity index (χ0v) is 11.7. The summed E-state index contributed by atoms with van der Waals surface area (Å²) < 4.78 is 23.4. The van der Waals surface area contributed by atoms with Crippen LogP contribution in [0.2, 0.25) is 0 Å². The largest absolute Gasteiger partial charge is 0.361 e. The lowest BCUT2D eigenvalue weighted by Crippen LogP contribution is -2.34. The molecule has 0 spiro atoms. The van der Waals surface area contributed by atoms with Crippen molar-refractivity contribution in [2.75, 3.05) is 12.3 Å². The second-order valence-electron chi connectivity index (χ2n) is 5.09. The van der Waals surface area contributed by atoms with Gasteiger partial charge < -0.3 is 10.3 Å². The molecule has 1 fully saturated rings. The molecule has 1 aliphatic heterocycles. The topological polar surface area (TPSA) is 79.0 Å². The molecule has 0 aliphatic carbocycles. The molecule has 1 aromatic carbocycles. The van der Waals surface area contributed by atoms with Crippen molar-refractivity contribution in [3.05, 3.63) is 36.0 Å². The molecule has 0 radical (unpaired) electrons. The summed E-state index contributed by atoms with van der Waals surface area (Å²) in [4.78, 5) is 15.2. The van der Waals surface area contributed by atoms with Crippen molar-refractivity contribution >= 4 is 26.6 Å². The van der Waals surface area contributed by atoms with E-state index in [1.807, 2.05) is 18.2 Å². The highest BCUT2D eigenvalue weighted by molar-refractivity contribution is 7.92. The minimum Gasteiger partial charge on any atom is -0.361 e. The Labute approximate surface area is 117 Å². The molecule has 2 N–H and O–H groups in total. The number of hydrogen-bond acceptors (Lipinski definition) is 3. The van der Waals surface area contributed by atoms with E-state index in [0.29, 0.717) is 18.4 Å². The van der Waals surface area contributed by atoms with Crippen LogP contribution in [-0.4, -0.2) is 36.9 Å². The number of amides is 1. The highest BCUT2D eigenvalue weighted by atomic mass is 32.2. The molecule has 5 nitrogen and oxygen atoms in total. The molecule has 106 valence electrons. The molecule has 1 atom stereocenters. The van der Waals surface area contributed by atoms with E-state index in [1.165, 1.54) is 0 Å². The van der Waals surface area contributed by atoms with E-state index in [1.54, 1.807) is 12.3 Å². The average molecular weight is 292 g/mol. The van der Waals surface area contributed by atoms with Crippen molar-refractivity contribution in [3.8, 4) is 0 Å². The van der Waals surface area contributed by atoms with Gasteiger partial charge >= 0.3 is 0 Å². The van der Waals surface area contributed by atoms with Gasteiger partial charge in [-0.3, -0.25) is 4.79 Å². The Morgan fingerprint density at radius 1 is 1.35 bits per heavy atom. The van der Waals surface area contributed by atoms with Crippen LogP contribution in [0, 0.1) is 0 Å². The number of carbonyl (C=O) groups is 1. The Hall–Kier alpha value is -1.82. The van der Waals surface area contributed by atoms with E-state index in [0.717, 1.165) is 10.9 Å². The van der Waals surface area contributed by atoms with Crippen molar-refractivity contribution < 1.29 is 13.2 Å². The smallest absolute Gasteiger partial charge is 0.253 e. The number of benzene rings is 1. The number of rotatable bonds is 3. The molecule has 0 saturated carbocycles. The molecule has 1 aliphatic rings. The van der Waals surface area contributed by atoms with Gasteiger partial charge in [-0.15, -0.1) is 0 Å². The molecule has 0 bridgehead atoms. The van der Waals surface area contributed by atoms with Crippen molar-refractivity contribution in [2.45, 2.75) is 18.1 Å². The van der Waals surface area contributed by atoms with Gasteiger partial charge in [-0.05, 0) is 25.0 Å². The third-order valence-electron chi connectivity index (χ3n) is 3.78. The minimum absolute atomic E-state index is 0.193. The summed E-state index contributed by atoms with van der Waals surface area (Å²) in [6.07, 6.45) is 3.10. The Balaban J connectivity index is 1.75. The number of hydrogen-bond donors (Lipinski definition) is 2. The summed E-state index contributed by atoms with van der Waals surface area (Å²) in [5.74, 6) is -0.000111. The van der Waals surface area contributed by atoms with E-state index < -0.39 is 15.1 Å². The zero-order valence-electron chi connectivity index (χ0n) is 10.9. The maximum absolute atomic E-state index is 12.2. The number of fused-ring (bicyclic) bond motifs is 1. The van der Waals surface area contributed by atoms with Crippen LogP contribution in [0.1, 0.15) is 23.2 Å². The van der Waals surface area contributed by atoms with E-state index in [4.69, 9.17) is 0 Å². The first-order valence-electron chi connectivity index (χ1n) is 6.64. The standard InChI is InChI=1S/C14H16N2O3S/c17-14(16-9-11-4-2-8-20(11,18)19)12-5-1-3-10-6-7-15-13(10)12/h1,3,5-7,11,15H,2,4,8-9H2,(H,16,17). The summed E-state index contributed by atoms with van der Waals surface area (Å²) in [5, 5.41) is 3.27. The summed E-state index contributed by atoms with van der Waals surface area (Å²) in [6.45, 7) is 0.193. The predicted molar refractivity (Wildman–Crippen MR) is 77.4 cm³/mol. The molecule has 1 aromatic heterocycles. The molecule has 20 heavy (non-hydrogen) atoms. The van der Waals surface area contributed by atoms with E-state index in [2.05, 4.69) is 10.3 Å². The molecule has 1 amide bonds. The van der Waals surface area contributed by atoms with Gasteiger partial charge in [-0.2, -0.15) is 0 Å². The van der Waals surface area contributed by atoms with Crippen LogP contribution in [0.5, 0.6) is 0 Å². The molecule has 1 saturated heterocycles. The number of para-hydroxylation sites is 1. The fourth-order valence-corrected chi connectivity index (χ4v) is 4.43. The van der Waals surface area contributed by atoms with Gasteiger partial charge in [0, 0.05) is 18.1 Å². The summed E-state index contributed by atoms with van der Waals surface area (Å²) in [5.41, 5.74) is 1.32. The summed E-state index contributed by atoms with van der Waals surface area (Å²) in [7, 11) is -3.02. The zero-order chi connectivity index (χ0) is 14.2. The lowest BCUT2D eigenvalue weighted by Gasteiger charge is -2.11. The second-order valence-corrected chi connectivity index (χ2v) is 7.49. The second kappa shape index (κ2) is 4.94. The quantitative estimate of drug-likeness (QED) is 0.899. The number of H-pyrrole nitrogens is 1. The Bertz CT molecular complexity index is 749. The van der Waals surface area contributed by atoms with E-state index >= 15 is 0 Å². The Morgan fingerprint density at radius 3 is 2.95 bits per heavy atom. The lowest BCUT2D eigenvalue weighted by molar-refractivity contribution is 0.0955. The van der Waals surface area contributed by atoms with Crippen LogP contribution < -0.4 is 5.32 Å². The molecular formula is C14H16N2O3S. The van der Waals surface area contributed by atoms with Crippen LogP contribution in [0.25, 0.3) is 10.9 Å². The van der Waals surface area contributed by atoms with Gasteiger partial charge in [0.2, 0.25) is 0 Å². The number of aromatic nitrogens is 1. The molecule has 6 heteroatoms. The first-order valence-corrected chi connectivity index (χ1v) is 8.35. The first kappa shape index (κ1) is 13.2. The Kier molecular flexibility index (Phi) is 3.25. The van der Waals surface area contributed by atoms with Crippen molar-refractivity contribution in [2.24, 2.45) is 0 Å². The first-order chi connectivity index (χ1) is 9.58. The van der Waals surface area contributed by atoms with Crippen LogP contribution in [0.3, 0.4) is 0 Å². The number of carbonyl (C=O) groups excluding carboxylic acids is 1. The fourth-order valence-electron chi connectivity index (χ4n) is 2.66. The third kappa shape index (κ3) is 2.31. The van der Waals surface area contributed by atoms with Crippen molar-refractivity contribution in [1.82, 2.24) is 10.3 Å². The van der Waals surface area contributed by atoms with Gasteiger partial charge in [0.05, 0.1) is 22.1 Å². The highest BCUT2D eigenvalue weighted by Crippen LogP contribution is 2.20. The van der Waals surface area contributed by atoms with Crippen LogP contribution in [0.4, 0.5) is 0 Å². The summed E-state index contributed by atoms with van der Waals surface area (Å²) >= 11 is 0. The van der Waals surface area contributed by atoms with Crippen molar-refractivity contribution in [3.63, 3.8) is 0 Å². The van der Waals surface area contributed by atoms with E-state index in [9.17, 15) is 13.2 Å². The van der Waals surface area contributed by atoms with Crippen LogP contribution in [0.15, 0.2) is 30.5 Å². The number of nitrogens with one attached hydrogen (secondary N) is 2. The maximum atomic E-state index is 12.2. The van der Waals surface area contributed by atoms with Gasteiger partial charge in [-0.1, -0.05) is 12.1 Å². The highest BCUT2D eigenvalue weighted by Gasteiger charge is 2.31. The van der Waals surface area contributed by atoms with Crippen LogP contribution >= 0.6 is 0 Å². The van der Waals surface area contributed by atoms with Gasteiger partial charge in [0.15, 0.2) is 9.84 Å². The summed E-state index contributed by atoms with van der Waals surface area (Å²) in [6, 6.07) is 7.37. The Morgan fingerprint density at radius 2 is 2.20 bits per heavy atom. The average Bonchev–Trinajstić information content (AvgIpc) is 3.01. The fraction of sp³-hybridized carbons (Fsp3) is 0.357. The SMILES string of the molecule is O=C(NCC1CCCS1(=O)=O)c1cccc2cc[nH]c12. The molecule has 1 unspecified atom stereocenters. The number of aromatic amines is 1. The lowest BCUT2D eigenvalue weighted by atomic mass is 10.1. The minimum atomic E-state index is -3.02. The van der Waals surface area contributed by atoms with E-state index in [-0.39, 0.29) is 18.2 Å². The van der Waals surface area contributed by atoms with Gasteiger partial charge in [0.1, 0.15) is 0 Å². The predicted octanol–water partition coefficient (Wildman–Crippen LogP) is 1.47. The monoisotopic (exact) mass is 292 g/mol.